The van der Waals surface area contributed by atoms with Crippen molar-refractivity contribution in [1.29, 1.82) is 0 Å². The first-order valence-electron chi connectivity index (χ1n) is 8.03. The number of esters is 1. The third kappa shape index (κ3) is 3.64. The lowest BCUT2D eigenvalue weighted by molar-refractivity contribution is -0.140. The Morgan fingerprint density at radius 2 is 1.88 bits per heavy atom. The molecule has 0 aromatic heterocycles. The van der Waals surface area contributed by atoms with Crippen molar-refractivity contribution in [2.45, 2.75) is 13.0 Å². The maximum absolute atomic E-state index is 12.5. The molecule has 2 amide bonds. The Labute approximate surface area is 145 Å². The van der Waals surface area contributed by atoms with E-state index in [9.17, 15) is 9.59 Å². The van der Waals surface area contributed by atoms with Crippen LogP contribution in [0.25, 0.3) is 10.8 Å². The Morgan fingerprint density at radius 3 is 2.64 bits per heavy atom. The Morgan fingerprint density at radius 1 is 1.12 bits per heavy atom. The molecule has 2 aromatic rings. The van der Waals surface area contributed by atoms with E-state index < -0.39 is 12.0 Å². The van der Waals surface area contributed by atoms with Gasteiger partial charge in [-0.25, -0.2) is 9.59 Å². The second-order valence-corrected chi connectivity index (χ2v) is 5.81. The topological polar surface area (TPSA) is 76.7 Å². The first-order valence-corrected chi connectivity index (χ1v) is 8.03. The number of nitrogens with one attached hydrogen (secondary N) is 2. The number of urea groups is 1. The van der Waals surface area contributed by atoms with Gasteiger partial charge in [0.1, 0.15) is 6.61 Å². The van der Waals surface area contributed by atoms with E-state index in [1.54, 1.807) is 14.0 Å². The van der Waals surface area contributed by atoms with Crippen molar-refractivity contribution in [3.05, 3.63) is 59.3 Å². The number of carbonyl (C=O) groups is 2. The Balaban J connectivity index is 1.96. The molecule has 0 unspecified atom stereocenters. The average molecular weight is 340 g/mol. The van der Waals surface area contributed by atoms with Crippen molar-refractivity contribution in [1.82, 2.24) is 10.6 Å². The van der Waals surface area contributed by atoms with Crippen molar-refractivity contribution < 1.29 is 19.1 Å². The Bertz CT molecular complexity index is 844. The van der Waals surface area contributed by atoms with E-state index in [-0.39, 0.29) is 12.6 Å². The van der Waals surface area contributed by atoms with Crippen molar-refractivity contribution in [3.63, 3.8) is 0 Å². The van der Waals surface area contributed by atoms with Gasteiger partial charge in [0.2, 0.25) is 0 Å². The molecule has 130 valence electrons. The second-order valence-electron chi connectivity index (χ2n) is 5.81. The molecule has 3 rings (SSSR count). The molecule has 0 saturated carbocycles. The molecule has 25 heavy (non-hydrogen) atoms. The van der Waals surface area contributed by atoms with Crippen LogP contribution in [0.4, 0.5) is 4.79 Å². The second kappa shape index (κ2) is 7.36. The number of amides is 2. The van der Waals surface area contributed by atoms with Gasteiger partial charge in [-0.15, -0.1) is 0 Å². The van der Waals surface area contributed by atoms with Gasteiger partial charge in [-0.05, 0) is 29.3 Å². The summed E-state index contributed by atoms with van der Waals surface area (Å²) in [6, 6.07) is 12.9. The predicted octanol–water partition coefficient (Wildman–Crippen LogP) is 2.66. The van der Waals surface area contributed by atoms with E-state index in [0.29, 0.717) is 17.9 Å². The molecule has 1 aliphatic rings. The highest BCUT2D eigenvalue weighted by Crippen LogP contribution is 2.29. The summed E-state index contributed by atoms with van der Waals surface area (Å²) in [6.45, 7) is 2.17. The highest BCUT2D eigenvalue weighted by molar-refractivity contribution is 5.95. The molecule has 6 nitrogen and oxygen atoms in total. The van der Waals surface area contributed by atoms with Crippen molar-refractivity contribution in [2.24, 2.45) is 0 Å². The van der Waals surface area contributed by atoms with Crippen molar-refractivity contribution >= 4 is 22.8 Å². The molecule has 0 radical (unpaired) electrons. The molecular weight excluding hydrogens is 320 g/mol. The van der Waals surface area contributed by atoms with Crippen LogP contribution in [0.1, 0.15) is 18.5 Å². The zero-order valence-corrected chi connectivity index (χ0v) is 14.2. The average Bonchev–Trinajstić information content (AvgIpc) is 2.60. The normalized spacial score (nSPS) is 17.2. The van der Waals surface area contributed by atoms with Crippen LogP contribution >= 0.6 is 0 Å². The number of carbonyl (C=O) groups excluding carboxylic acids is 2. The van der Waals surface area contributed by atoms with Gasteiger partial charge in [-0.1, -0.05) is 36.4 Å². The molecule has 1 aliphatic heterocycles. The summed E-state index contributed by atoms with van der Waals surface area (Å²) < 4.78 is 10.2. The van der Waals surface area contributed by atoms with Crippen LogP contribution in [0.5, 0.6) is 0 Å². The van der Waals surface area contributed by atoms with Crippen LogP contribution in [0.2, 0.25) is 0 Å². The predicted molar refractivity (Wildman–Crippen MR) is 93.9 cm³/mol. The number of hydrogen-bond acceptors (Lipinski definition) is 4. The molecule has 0 saturated heterocycles. The Kier molecular flexibility index (Phi) is 5.00. The summed E-state index contributed by atoms with van der Waals surface area (Å²) in [6.07, 6.45) is 0. The maximum atomic E-state index is 12.5. The molecule has 1 heterocycles. The van der Waals surface area contributed by atoms with Crippen molar-refractivity contribution in [3.8, 4) is 0 Å². The fourth-order valence-corrected chi connectivity index (χ4v) is 2.90. The van der Waals surface area contributed by atoms with Gasteiger partial charge in [0, 0.05) is 12.8 Å². The van der Waals surface area contributed by atoms with Gasteiger partial charge in [0.05, 0.1) is 18.2 Å². The minimum absolute atomic E-state index is 0.157. The highest BCUT2D eigenvalue weighted by Gasteiger charge is 2.32. The fraction of sp³-hybridized carbons (Fsp3) is 0.263. The summed E-state index contributed by atoms with van der Waals surface area (Å²) in [4.78, 5) is 24.4. The lowest BCUT2D eigenvalue weighted by Gasteiger charge is -2.28. The summed E-state index contributed by atoms with van der Waals surface area (Å²) in [5.74, 6) is -0.472. The first kappa shape index (κ1) is 17.0. The molecule has 0 bridgehead atoms. The number of methoxy groups -OCH3 is 1. The first-order chi connectivity index (χ1) is 12.1. The number of benzene rings is 2. The van der Waals surface area contributed by atoms with Gasteiger partial charge in [0.15, 0.2) is 0 Å². The minimum Gasteiger partial charge on any atom is -0.460 e. The summed E-state index contributed by atoms with van der Waals surface area (Å²) >= 11 is 0. The standard InChI is InChI=1S/C19H20N2O4/c1-12-16(18(22)25-10-9-24-2)17(21-19(23)20-12)15-8-7-13-5-3-4-6-14(13)11-15/h3-8,11,17H,9-10H2,1-2H3,(H2,20,21,23)/t17-/m1/s1. The summed E-state index contributed by atoms with van der Waals surface area (Å²) in [5, 5.41) is 7.58. The molecule has 1 atom stereocenters. The maximum Gasteiger partial charge on any atom is 0.338 e. The number of ether oxygens (including phenoxy) is 2. The lowest BCUT2D eigenvalue weighted by atomic mass is 9.94. The smallest absolute Gasteiger partial charge is 0.338 e. The monoisotopic (exact) mass is 340 g/mol. The number of allylic oxidation sites excluding steroid dienone is 1. The van der Waals surface area contributed by atoms with E-state index in [0.717, 1.165) is 16.3 Å². The van der Waals surface area contributed by atoms with E-state index in [1.165, 1.54) is 0 Å². The van der Waals surface area contributed by atoms with Crippen LogP contribution < -0.4 is 10.6 Å². The van der Waals surface area contributed by atoms with E-state index in [4.69, 9.17) is 9.47 Å². The molecule has 0 fully saturated rings. The molecule has 2 N–H and O–H groups in total. The highest BCUT2D eigenvalue weighted by atomic mass is 16.6. The third-order valence-corrected chi connectivity index (χ3v) is 4.12. The van der Waals surface area contributed by atoms with E-state index in [2.05, 4.69) is 10.6 Å². The third-order valence-electron chi connectivity index (χ3n) is 4.12. The SMILES string of the molecule is COCCOC(=O)C1=C(C)NC(=O)N[C@@H]1c1ccc2ccccc2c1. The molecule has 2 aromatic carbocycles. The molecule has 6 heteroatoms. The largest absolute Gasteiger partial charge is 0.460 e. The lowest BCUT2D eigenvalue weighted by Crippen LogP contribution is -2.45. The van der Waals surface area contributed by atoms with Crippen LogP contribution in [-0.4, -0.2) is 32.3 Å². The molecule has 0 aliphatic carbocycles. The Hall–Kier alpha value is -2.86. The molecule has 0 spiro atoms. The van der Waals surface area contributed by atoms with Crippen LogP contribution in [-0.2, 0) is 14.3 Å². The van der Waals surface area contributed by atoms with Crippen LogP contribution in [0.15, 0.2) is 53.7 Å². The van der Waals surface area contributed by atoms with Gasteiger partial charge < -0.3 is 20.1 Å². The van der Waals surface area contributed by atoms with E-state index >= 15 is 0 Å². The van der Waals surface area contributed by atoms with Gasteiger partial charge in [0.25, 0.3) is 0 Å². The van der Waals surface area contributed by atoms with Crippen LogP contribution in [0, 0.1) is 0 Å². The zero-order chi connectivity index (χ0) is 17.8. The molecular formula is C19H20N2O4. The van der Waals surface area contributed by atoms with Gasteiger partial charge in [-0.2, -0.15) is 0 Å². The minimum atomic E-state index is -0.562. The quantitative estimate of drug-likeness (QED) is 0.648. The summed E-state index contributed by atoms with van der Waals surface area (Å²) in [7, 11) is 1.54. The number of fused-ring (bicyclic) bond motifs is 1. The fourth-order valence-electron chi connectivity index (χ4n) is 2.90. The van der Waals surface area contributed by atoms with Gasteiger partial charge >= 0.3 is 12.0 Å². The zero-order valence-electron chi connectivity index (χ0n) is 14.2. The summed E-state index contributed by atoms with van der Waals surface area (Å²) in [5.41, 5.74) is 1.71. The van der Waals surface area contributed by atoms with E-state index in [1.807, 2.05) is 42.5 Å². The number of hydrogen-bond donors (Lipinski definition) is 2. The number of rotatable bonds is 5. The van der Waals surface area contributed by atoms with Crippen LogP contribution in [0.3, 0.4) is 0 Å². The van der Waals surface area contributed by atoms with Gasteiger partial charge in [-0.3, -0.25) is 0 Å². The van der Waals surface area contributed by atoms with Crippen molar-refractivity contribution in [2.75, 3.05) is 20.3 Å².